The standard InChI is InChI=1S/C12H8BrF3O3/c13-10(2-1-3-11(17)18)8-4-6-9(7-5-8)19-12(14,15)16/h1-7H,(H,17,18)/b3-1+,10-2-. The van der Waals surface area contributed by atoms with Crippen LogP contribution < -0.4 is 4.74 Å². The van der Waals surface area contributed by atoms with Crippen molar-refractivity contribution in [2.75, 3.05) is 0 Å². The van der Waals surface area contributed by atoms with Gasteiger partial charge in [0.15, 0.2) is 0 Å². The predicted octanol–water partition coefficient (Wildman–Crippen LogP) is 3.96. The SMILES string of the molecule is O=C(O)/C=C/C=C(\Br)c1ccc(OC(F)(F)F)cc1. The van der Waals surface area contributed by atoms with Crippen LogP contribution in [0.1, 0.15) is 5.56 Å². The second-order valence-corrected chi connectivity index (χ2v) is 4.14. The molecule has 0 unspecified atom stereocenters. The van der Waals surface area contributed by atoms with Crippen molar-refractivity contribution >= 4 is 26.4 Å². The zero-order valence-corrected chi connectivity index (χ0v) is 10.9. The molecule has 3 nitrogen and oxygen atoms in total. The number of alkyl halides is 3. The van der Waals surface area contributed by atoms with Crippen molar-refractivity contribution in [1.29, 1.82) is 0 Å². The Labute approximate surface area is 115 Å². The van der Waals surface area contributed by atoms with Gasteiger partial charge < -0.3 is 9.84 Å². The molecule has 0 fully saturated rings. The van der Waals surface area contributed by atoms with Crippen molar-refractivity contribution in [3.63, 3.8) is 0 Å². The molecule has 0 bridgehead atoms. The Bertz CT molecular complexity index is 504. The molecule has 0 aromatic heterocycles. The van der Waals surface area contributed by atoms with Gasteiger partial charge in [0.05, 0.1) is 0 Å². The van der Waals surface area contributed by atoms with E-state index < -0.39 is 12.3 Å². The van der Waals surface area contributed by atoms with Gasteiger partial charge in [-0.3, -0.25) is 0 Å². The van der Waals surface area contributed by atoms with E-state index in [1.165, 1.54) is 36.4 Å². The third-order valence-electron chi connectivity index (χ3n) is 1.85. The van der Waals surface area contributed by atoms with Crippen molar-refractivity contribution in [2.24, 2.45) is 0 Å². The molecule has 0 spiro atoms. The summed E-state index contributed by atoms with van der Waals surface area (Å²) in [5.74, 6) is -1.41. The zero-order chi connectivity index (χ0) is 14.5. The fourth-order valence-electron chi connectivity index (χ4n) is 1.13. The highest BCUT2D eigenvalue weighted by atomic mass is 79.9. The first kappa shape index (κ1) is 15.3. The number of carboxylic acid groups (broad SMARTS) is 1. The van der Waals surface area contributed by atoms with E-state index in [1.807, 2.05) is 0 Å². The lowest BCUT2D eigenvalue weighted by Gasteiger charge is -2.08. The topological polar surface area (TPSA) is 46.5 Å². The van der Waals surface area contributed by atoms with Crippen LogP contribution in [-0.4, -0.2) is 17.4 Å². The predicted molar refractivity (Wildman–Crippen MR) is 66.8 cm³/mol. The molecule has 0 atom stereocenters. The number of carboxylic acids is 1. The Balaban J connectivity index is 2.78. The van der Waals surface area contributed by atoms with Gasteiger partial charge in [-0.1, -0.05) is 34.1 Å². The van der Waals surface area contributed by atoms with Gasteiger partial charge in [0, 0.05) is 10.6 Å². The van der Waals surface area contributed by atoms with Gasteiger partial charge in [-0.2, -0.15) is 0 Å². The van der Waals surface area contributed by atoms with E-state index >= 15 is 0 Å². The minimum Gasteiger partial charge on any atom is -0.478 e. The fourth-order valence-corrected chi connectivity index (χ4v) is 1.54. The monoisotopic (exact) mass is 336 g/mol. The molecule has 0 aliphatic rings. The van der Waals surface area contributed by atoms with E-state index in [0.717, 1.165) is 6.08 Å². The molecular weight excluding hydrogens is 329 g/mol. The number of rotatable bonds is 4. The Morgan fingerprint density at radius 2 is 1.84 bits per heavy atom. The molecule has 7 heteroatoms. The van der Waals surface area contributed by atoms with Crippen molar-refractivity contribution in [3.8, 4) is 5.75 Å². The first-order valence-electron chi connectivity index (χ1n) is 4.91. The van der Waals surface area contributed by atoms with Crippen LogP contribution >= 0.6 is 15.9 Å². The van der Waals surface area contributed by atoms with Gasteiger partial charge in [-0.15, -0.1) is 13.2 Å². The number of hydrogen-bond donors (Lipinski definition) is 1. The normalized spacial score (nSPS) is 12.7. The molecule has 0 aliphatic carbocycles. The average Bonchev–Trinajstić information content (AvgIpc) is 2.27. The maximum Gasteiger partial charge on any atom is 0.573 e. The summed E-state index contributed by atoms with van der Waals surface area (Å²) < 4.78 is 40.1. The second kappa shape index (κ2) is 6.42. The van der Waals surface area contributed by atoms with E-state index in [4.69, 9.17) is 5.11 Å². The lowest BCUT2D eigenvalue weighted by atomic mass is 10.2. The van der Waals surface area contributed by atoms with E-state index in [2.05, 4.69) is 20.7 Å². The Morgan fingerprint density at radius 3 is 2.32 bits per heavy atom. The number of halogens is 4. The molecule has 1 rings (SSSR count). The van der Waals surface area contributed by atoms with Crippen LogP contribution in [0.3, 0.4) is 0 Å². The summed E-state index contributed by atoms with van der Waals surface area (Å²) in [6, 6.07) is 5.16. The van der Waals surface area contributed by atoms with E-state index in [1.54, 1.807) is 0 Å². The second-order valence-electron chi connectivity index (χ2n) is 3.28. The van der Waals surface area contributed by atoms with Crippen LogP contribution in [-0.2, 0) is 4.79 Å². The van der Waals surface area contributed by atoms with Crippen molar-refractivity contribution in [2.45, 2.75) is 6.36 Å². The molecule has 19 heavy (non-hydrogen) atoms. The number of allylic oxidation sites excluding steroid dienone is 2. The van der Waals surface area contributed by atoms with E-state index in [0.29, 0.717) is 10.0 Å². The average molecular weight is 337 g/mol. The smallest absolute Gasteiger partial charge is 0.478 e. The van der Waals surface area contributed by atoms with Crippen molar-refractivity contribution < 1.29 is 27.8 Å². The van der Waals surface area contributed by atoms with Gasteiger partial charge >= 0.3 is 12.3 Å². The van der Waals surface area contributed by atoms with Gasteiger partial charge in [0.1, 0.15) is 5.75 Å². The van der Waals surface area contributed by atoms with Crippen LogP contribution in [0.4, 0.5) is 13.2 Å². The highest BCUT2D eigenvalue weighted by Crippen LogP contribution is 2.26. The van der Waals surface area contributed by atoms with Crippen LogP contribution in [0.25, 0.3) is 4.48 Å². The maximum absolute atomic E-state index is 11.9. The first-order chi connectivity index (χ1) is 8.78. The molecule has 1 aromatic rings. The van der Waals surface area contributed by atoms with Crippen LogP contribution in [0.15, 0.2) is 42.5 Å². The number of benzene rings is 1. The molecule has 102 valence electrons. The summed E-state index contributed by atoms with van der Waals surface area (Å²) in [4.78, 5) is 10.2. The number of ether oxygens (including phenoxy) is 1. The largest absolute Gasteiger partial charge is 0.573 e. The lowest BCUT2D eigenvalue weighted by molar-refractivity contribution is -0.274. The van der Waals surface area contributed by atoms with Gasteiger partial charge in [-0.05, 0) is 23.8 Å². The summed E-state index contributed by atoms with van der Waals surface area (Å²) in [7, 11) is 0. The summed E-state index contributed by atoms with van der Waals surface area (Å²) >= 11 is 3.18. The zero-order valence-electron chi connectivity index (χ0n) is 9.32. The lowest BCUT2D eigenvalue weighted by Crippen LogP contribution is -2.16. The van der Waals surface area contributed by atoms with Crippen molar-refractivity contribution in [1.82, 2.24) is 0 Å². The van der Waals surface area contributed by atoms with Gasteiger partial charge in [0.25, 0.3) is 0 Å². The third kappa shape index (κ3) is 6.10. The summed E-state index contributed by atoms with van der Waals surface area (Å²) in [5.41, 5.74) is 0.588. The minimum atomic E-state index is -4.72. The van der Waals surface area contributed by atoms with Crippen LogP contribution in [0, 0.1) is 0 Å². The summed E-state index contributed by atoms with van der Waals surface area (Å²) in [5, 5.41) is 8.39. The van der Waals surface area contributed by atoms with Gasteiger partial charge in [-0.25, -0.2) is 4.79 Å². The summed E-state index contributed by atoms with van der Waals surface area (Å²) in [6.07, 6.45) is -1.03. The van der Waals surface area contributed by atoms with Crippen molar-refractivity contribution in [3.05, 3.63) is 48.1 Å². The number of carbonyl (C=O) groups is 1. The number of aliphatic carboxylic acids is 1. The number of hydrogen-bond acceptors (Lipinski definition) is 2. The third-order valence-corrected chi connectivity index (χ3v) is 2.57. The molecular formula is C12H8BrF3O3. The Morgan fingerprint density at radius 1 is 1.26 bits per heavy atom. The fraction of sp³-hybridized carbons (Fsp3) is 0.0833. The van der Waals surface area contributed by atoms with E-state index in [-0.39, 0.29) is 5.75 Å². The highest BCUT2D eigenvalue weighted by Gasteiger charge is 2.30. The molecule has 1 N–H and O–H groups in total. The molecule has 0 saturated heterocycles. The molecule has 0 aliphatic heterocycles. The van der Waals surface area contributed by atoms with Crippen LogP contribution in [0.2, 0.25) is 0 Å². The maximum atomic E-state index is 11.9. The molecule has 0 saturated carbocycles. The van der Waals surface area contributed by atoms with E-state index in [9.17, 15) is 18.0 Å². The Hall–Kier alpha value is -1.76. The summed E-state index contributed by atoms with van der Waals surface area (Å²) in [6.45, 7) is 0. The molecule has 0 amide bonds. The molecule has 1 aromatic carbocycles. The van der Waals surface area contributed by atoms with Gasteiger partial charge in [0.2, 0.25) is 0 Å². The quantitative estimate of drug-likeness (QED) is 0.668. The molecule has 0 heterocycles. The minimum absolute atomic E-state index is 0.322. The Kier molecular flexibility index (Phi) is 5.17. The highest BCUT2D eigenvalue weighted by molar-refractivity contribution is 9.15. The first-order valence-corrected chi connectivity index (χ1v) is 5.70. The molecule has 0 radical (unpaired) electrons. The van der Waals surface area contributed by atoms with Crippen LogP contribution in [0.5, 0.6) is 5.75 Å².